The highest BCUT2D eigenvalue weighted by atomic mass is 35.5. The molecule has 10 heteroatoms. The lowest BCUT2D eigenvalue weighted by Gasteiger charge is -2.31. The largest absolute Gasteiger partial charge is 0.497 e. The van der Waals surface area contributed by atoms with Gasteiger partial charge in [0.15, 0.2) is 0 Å². The molecule has 2 N–H and O–H groups in total. The lowest BCUT2D eigenvalue weighted by atomic mass is 9.96. The van der Waals surface area contributed by atoms with Crippen molar-refractivity contribution >= 4 is 29.1 Å². The van der Waals surface area contributed by atoms with E-state index in [9.17, 15) is 9.59 Å². The SMILES string of the molecule is COc1cc(Cl)c(NC(=O)C2CCCN(C(=O)c3cc(-c4cccnc4)n[nH]3)C2)c(OC)c1. The van der Waals surface area contributed by atoms with Crippen LogP contribution in [0.4, 0.5) is 5.69 Å². The fraction of sp³-hybridized carbons (Fsp3) is 0.304. The van der Waals surface area contributed by atoms with Gasteiger partial charge in [-0.3, -0.25) is 19.7 Å². The van der Waals surface area contributed by atoms with Crippen molar-refractivity contribution in [3.8, 4) is 22.8 Å². The zero-order chi connectivity index (χ0) is 23.4. The molecule has 1 unspecified atom stereocenters. The van der Waals surface area contributed by atoms with E-state index in [0.717, 1.165) is 5.56 Å². The molecular weight excluding hydrogens is 446 g/mol. The van der Waals surface area contributed by atoms with E-state index in [1.165, 1.54) is 14.2 Å². The summed E-state index contributed by atoms with van der Waals surface area (Å²) in [6.45, 7) is 0.860. The van der Waals surface area contributed by atoms with E-state index in [2.05, 4.69) is 20.5 Å². The van der Waals surface area contributed by atoms with Crippen molar-refractivity contribution in [2.75, 3.05) is 32.6 Å². The number of ether oxygens (including phenoxy) is 2. The number of nitrogens with one attached hydrogen (secondary N) is 2. The molecular formula is C23H24ClN5O4. The van der Waals surface area contributed by atoms with Crippen LogP contribution in [0.15, 0.2) is 42.7 Å². The third-order valence-corrected chi connectivity index (χ3v) is 5.87. The summed E-state index contributed by atoms with van der Waals surface area (Å²) in [5, 5.41) is 10.2. The first kappa shape index (κ1) is 22.6. The molecule has 1 aromatic carbocycles. The van der Waals surface area contributed by atoms with Crippen LogP contribution >= 0.6 is 11.6 Å². The molecule has 1 aliphatic heterocycles. The third kappa shape index (κ3) is 4.93. The number of piperidine rings is 1. The van der Waals surface area contributed by atoms with Crippen molar-refractivity contribution in [2.24, 2.45) is 5.92 Å². The number of pyridine rings is 1. The quantitative estimate of drug-likeness (QED) is 0.570. The number of H-pyrrole nitrogens is 1. The Labute approximate surface area is 196 Å². The molecule has 0 saturated carbocycles. The molecule has 2 aromatic heterocycles. The lowest BCUT2D eigenvalue weighted by Crippen LogP contribution is -2.44. The van der Waals surface area contributed by atoms with Gasteiger partial charge in [-0.15, -0.1) is 0 Å². The molecule has 3 heterocycles. The van der Waals surface area contributed by atoms with Gasteiger partial charge in [0, 0.05) is 43.2 Å². The van der Waals surface area contributed by atoms with E-state index in [4.69, 9.17) is 21.1 Å². The average Bonchev–Trinajstić information content (AvgIpc) is 3.35. The maximum atomic E-state index is 13.0. The Morgan fingerprint density at radius 1 is 1.24 bits per heavy atom. The fourth-order valence-corrected chi connectivity index (χ4v) is 4.07. The van der Waals surface area contributed by atoms with Gasteiger partial charge < -0.3 is 19.7 Å². The zero-order valence-corrected chi connectivity index (χ0v) is 19.1. The predicted octanol–water partition coefficient (Wildman–Crippen LogP) is 3.63. The van der Waals surface area contributed by atoms with Gasteiger partial charge in [-0.2, -0.15) is 5.10 Å². The minimum atomic E-state index is -0.383. The number of carbonyl (C=O) groups is 2. The second-order valence-corrected chi connectivity index (χ2v) is 8.08. The normalized spacial score (nSPS) is 15.7. The van der Waals surface area contributed by atoms with Crippen LogP contribution < -0.4 is 14.8 Å². The van der Waals surface area contributed by atoms with E-state index < -0.39 is 0 Å². The number of methoxy groups -OCH3 is 2. The molecule has 1 aliphatic rings. The van der Waals surface area contributed by atoms with Crippen LogP contribution in [0.1, 0.15) is 23.3 Å². The van der Waals surface area contributed by atoms with Crippen LogP contribution in [0, 0.1) is 5.92 Å². The Balaban J connectivity index is 1.45. The minimum absolute atomic E-state index is 0.199. The van der Waals surface area contributed by atoms with E-state index in [0.29, 0.717) is 59.5 Å². The minimum Gasteiger partial charge on any atom is -0.497 e. The van der Waals surface area contributed by atoms with E-state index in [1.807, 2.05) is 12.1 Å². The molecule has 0 spiro atoms. The highest BCUT2D eigenvalue weighted by molar-refractivity contribution is 6.34. The number of rotatable bonds is 6. The number of aromatic nitrogens is 3. The smallest absolute Gasteiger partial charge is 0.271 e. The van der Waals surface area contributed by atoms with Gasteiger partial charge in [-0.05, 0) is 31.0 Å². The lowest BCUT2D eigenvalue weighted by molar-refractivity contribution is -0.121. The van der Waals surface area contributed by atoms with Crippen molar-refractivity contribution in [3.63, 3.8) is 0 Å². The van der Waals surface area contributed by atoms with Crippen molar-refractivity contribution in [1.29, 1.82) is 0 Å². The number of halogens is 1. The summed E-state index contributed by atoms with van der Waals surface area (Å²) in [6, 6.07) is 8.64. The summed E-state index contributed by atoms with van der Waals surface area (Å²) in [7, 11) is 3.02. The number of benzene rings is 1. The summed E-state index contributed by atoms with van der Waals surface area (Å²) < 4.78 is 10.5. The van der Waals surface area contributed by atoms with E-state index >= 15 is 0 Å². The number of carbonyl (C=O) groups excluding carboxylic acids is 2. The monoisotopic (exact) mass is 469 g/mol. The number of likely N-dealkylation sites (tertiary alicyclic amines) is 1. The number of hydrogen-bond donors (Lipinski definition) is 2. The van der Waals surface area contributed by atoms with Gasteiger partial charge in [0.25, 0.3) is 5.91 Å². The maximum absolute atomic E-state index is 13.0. The molecule has 0 radical (unpaired) electrons. The van der Waals surface area contributed by atoms with E-state index in [1.54, 1.807) is 35.5 Å². The highest BCUT2D eigenvalue weighted by Gasteiger charge is 2.30. The first-order valence-corrected chi connectivity index (χ1v) is 10.9. The van der Waals surface area contributed by atoms with Gasteiger partial charge >= 0.3 is 0 Å². The topological polar surface area (TPSA) is 109 Å². The van der Waals surface area contributed by atoms with Crippen LogP contribution in [0.25, 0.3) is 11.3 Å². The molecule has 33 heavy (non-hydrogen) atoms. The predicted molar refractivity (Wildman–Crippen MR) is 124 cm³/mol. The second kappa shape index (κ2) is 9.91. The van der Waals surface area contributed by atoms with Crippen LogP contribution in [0.3, 0.4) is 0 Å². The van der Waals surface area contributed by atoms with Crippen molar-refractivity contribution in [2.45, 2.75) is 12.8 Å². The van der Waals surface area contributed by atoms with E-state index in [-0.39, 0.29) is 17.7 Å². The van der Waals surface area contributed by atoms with Gasteiger partial charge in [0.05, 0.1) is 30.9 Å². The fourth-order valence-electron chi connectivity index (χ4n) is 3.82. The second-order valence-electron chi connectivity index (χ2n) is 7.67. The Morgan fingerprint density at radius 3 is 2.82 bits per heavy atom. The average molecular weight is 470 g/mol. The zero-order valence-electron chi connectivity index (χ0n) is 18.3. The molecule has 1 saturated heterocycles. The number of hydrogen-bond acceptors (Lipinski definition) is 6. The Bertz CT molecular complexity index is 1150. The molecule has 3 aromatic rings. The Morgan fingerprint density at radius 2 is 2.09 bits per heavy atom. The number of aromatic amines is 1. The standard InChI is InChI=1S/C23H24ClN5O4/c1-32-16-9-17(24)21(20(10-16)33-2)26-22(30)15-6-4-8-29(13-15)23(31)19-11-18(27-28-19)14-5-3-7-25-12-14/h3,5,7,9-12,15H,4,6,8,13H2,1-2H3,(H,26,30)(H,27,28). The molecule has 0 bridgehead atoms. The molecule has 1 fully saturated rings. The first-order chi connectivity index (χ1) is 16.0. The van der Waals surface area contributed by atoms with Gasteiger partial charge in [-0.25, -0.2) is 0 Å². The highest BCUT2D eigenvalue weighted by Crippen LogP contribution is 2.37. The molecule has 1 atom stereocenters. The number of amides is 2. The van der Waals surface area contributed by atoms with Crippen molar-refractivity contribution in [3.05, 3.63) is 53.4 Å². The summed E-state index contributed by atoms with van der Waals surface area (Å²) in [5.74, 6) is 0.117. The molecule has 9 nitrogen and oxygen atoms in total. The number of anilines is 1. The maximum Gasteiger partial charge on any atom is 0.271 e. The Kier molecular flexibility index (Phi) is 6.79. The van der Waals surface area contributed by atoms with Crippen molar-refractivity contribution < 1.29 is 19.1 Å². The molecule has 172 valence electrons. The molecule has 0 aliphatic carbocycles. The van der Waals surface area contributed by atoms with Gasteiger partial charge in [0.1, 0.15) is 22.9 Å². The summed E-state index contributed by atoms with van der Waals surface area (Å²) in [5.41, 5.74) is 2.20. The summed E-state index contributed by atoms with van der Waals surface area (Å²) in [6.07, 6.45) is 4.73. The first-order valence-electron chi connectivity index (χ1n) is 10.5. The van der Waals surface area contributed by atoms with Gasteiger partial charge in [-0.1, -0.05) is 11.6 Å². The summed E-state index contributed by atoms with van der Waals surface area (Å²) in [4.78, 5) is 31.8. The van der Waals surface area contributed by atoms with Crippen LogP contribution in [-0.4, -0.2) is 59.2 Å². The van der Waals surface area contributed by atoms with Crippen molar-refractivity contribution in [1.82, 2.24) is 20.1 Å². The van der Waals surface area contributed by atoms with Crippen LogP contribution in [0.5, 0.6) is 11.5 Å². The third-order valence-electron chi connectivity index (χ3n) is 5.58. The number of nitrogens with zero attached hydrogens (tertiary/aromatic N) is 3. The molecule has 4 rings (SSSR count). The van der Waals surface area contributed by atoms with Crippen LogP contribution in [0.2, 0.25) is 5.02 Å². The Hall–Kier alpha value is -3.59. The van der Waals surface area contributed by atoms with Crippen LogP contribution in [-0.2, 0) is 4.79 Å². The molecule has 2 amide bonds. The van der Waals surface area contributed by atoms with Gasteiger partial charge in [0.2, 0.25) is 5.91 Å². The summed E-state index contributed by atoms with van der Waals surface area (Å²) >= 11 is 6.33.